The van der Waals surface area contributed by atoms with Gasteiger partial charge >= 0.3 is 0 Å². The third kappa shape index (κ3) is 2.29. The molecule has 106 valence electrons. The highest BCUT2D eigenvalue weighted by molar-refractivity contribution is 6.52. The molecular formula is C17H15NO3. The number of amides is 1. The van der Waals surface area contributed by atoms with Gasteiger partial charge in [-0.2, -0.15) is 0 Å². The quantitative estimate of drug-likeness (QED) is 0.813. The number of ether oxygens (including phenoxy) is 1. The maximum atomic E-state index is 12.2. The zero-order chi connectivity index (χ0) is 15.0. The first-order valence-corrected chi connectivity index (χ1v) is 6.70. The number of hydrogen-bond acceptors (Lipinski definition) is 3. The van der Waals surface area contributed by atoms with Crippen LogP contribution in [0.1, 0.15) is 21.5 Å². The van der Waals surface area contributed by atoms with Crippen molar-refractivity contribution in [2.45, 2.75) is 13.5 Å². The molecule has 0 unspecified atom stereocenters. The molecule has 4 heteroatoms. The van der Waals surface area contributed by atoms with Gasteiger partial charge in [0, 0.05) is 0 Å². The van der Waals surface area contributed by atoms with E-state index in [1.54, 1.807) is 18.2 Å². The molecule has 4 nitrogen and oxygen atoms in total. The predicted octanol–water partition coefficient (Wildman–Crippen LogP) is 2.73. The summed E-state index contributed by atoms with van der Waals surface area (Å²) in [5.74, 6) is -0.386. The van der Waals surface area contributed by atoms with Gasteiger partial charge in [0.25, 0.3) is 11.7 Å². The summed E-state index contributed by atoms with van der Waals surface area (Å²) >= 11 is 0. The summed E-state index contributed by atoms with van der Waals surface area (Å²) in [6.07, 6.45) is 0. The van der Waals surface area contributed by atoms with Crippen molar-refractivity contribution in [2.75, 3.05) is 12.0 Å². The van der Waals surface area contributed by atoms with Crippen molar-refractivity contribution >= 4 is 17.4 Å². The van der Waals surface area contributed by atoms with Crippen molar-refractivity contribution in [3.8, 4) is 5.75 Å². The highest BCUT2D eigenvalue weighted by Crippen LogP contribution is 2.33. The minimum absolute atomic E-state index is 0.394. The molecule has 0 N–H and O–H groups in total. The molecule has 0 saturated carbocycles. The van der Waals surface area contributed by atoms with E-state index in [0.29, 0.717) is 23.5 Å². The zero-order valence-electron chi connectivity index (χ0n) is 11.9. The van der Waals surface area contributed by atoms with Crippen LogP contribution in [-0.4, -0.2) is 18.8 Å². The van der Waals surface area contributed by atoms with Crippen LogP contribution in [0.5, 0.6) is 5.75 Å². The number of Topliss-reactive ketones (excluding diaryl/α,β-unsaturated/α-hetero) is 1. The Morgan fingerprint density at radius 3 is 2.62 bits per heavy atom. The number of benzene rings is 2. The number of nitrogens with zero attached hydrogens (tertiary/aromatic N) is 1. The SMILES string of the molecule is COc1ccc2c(c1)C(=O)C(=O)N2Cc1cccc(C)c1. The van der Waals surface area contributed by atoms with Crippen molar-refractivity contribution in [1.29, 1.82) is 0 Å². The van der Waals surface area contributed by atoms with Gasteiger partial charge in [0.1, 0.15) is 5.75 Å². The predicted molar refractivity (Wildman–Crippen MR) is 79.7 cm³/mol. The normalized spacial score (nSPS) is 13.5. The molecular weight excluding hydrogens is 266 g/mol. The second kappa shape index (κ2) is 5.05. The molecule has 0 fully saturated rings. The van der Waals surface area contributed by atoms with Crippen LogP contribution in [0.3, 0.4) is 0 Å². The van der Waals surface area contributed by atoms with Crippen molar-refractivity contribution in [3.63, 3.8) is 0 Å². The largest absolute Gasteiger partial charge is 0.497 e. The molecule has 21 heavy (non-hydrogen) atoms. The Morgan fingerprint density at radius 1 is 1.10 bits per heavy atom. The molecule has 0 aliphatic carbocycles. The number of fused-ring (bicyclic) bond motifs is 1. The third-order valence-electron chi connectivity index (χ3n) is 3.60. The molecule has 1 heterocycles. The summed E-state index contributed by atoms with van der Waals surface area (Å²) < 4.78 is 5.11. The van der Waals surface area contributed by atoms with E-state index in [2.05, 4.69) is 0 Å². The summed E-state index contributed by atoms with van der Waals surface area (Å²) in [5, 5.41) is 0. The lowest BCUT2D eigenvalue weighted by Gasteiger charge is -2.17. The van der Waals surface area contributed by atoms with Crippen LogP contribution in [0.15, 0.2) is 42.5 Å². The summed E-state index contributed by atoms with van der Waals surface area (Å²) in [7, 11) is 1.54. The fourth-order valence-electron chi connectivity index (χ4n) is 2.56. The Balaban J connectivity index is 1.98. The number of aryl methyl sites for hydroxylation is 1. The van der Waals surface area contributed by atoms with E-state index < -0.39 is 11.7 Å². The summed E-state index contributed by atoms with van der Waals surface area (Å²) in [4.78, 5) is 25.8. The van der Waals surface area contributed by atoms with Crippen molar-refractivity contribution < 1.29 is 14.3 Å². The molecule has 0 saturated heterocycles. The lowest BCUT2D eigenvalue weighted by Crippen LogP contribution is -2.29. The molecule has 0 spiro atoms. The second-order valence-electron chi connectivity index (χ2n) is 5.09. The average Bonchev–Trinajstić information content (AvgIpc) is 2.72. The topological polar surface area (TPSA) is 46.6 Å². The maximum absolute atomic E-state index is 12.2. The number of carbonyl (C=O) groups is 2. The fraction of sp³-hybridized carbons (Fsp3) is 0.176. The molecule has 1 amide bonds. The number of ketones is 1. The first kappa shape index (κ1) is 13.4. The fourth-order valence-corrected chi connectivity index (χ4v) is 2.56. The molecule has 0 bridgehead atoms. The minimum atomic E-state index is -0.486. The van der Waals surface area contributed by atoms with Gasteiger partial charge in [0.15, 0.2) is 0 Å². The maximum Gasteiger partial charge on any atom is 0.299 e. The van der Waals surface area contributed by atoms with E-state index in [4.69, 9.17) is 4.74 Å². The molecule has 2 aromatic carbocycles. The van der Waals surface area contributed by atoms with E-state index in [1.165, 1.54) is 12.0 Å². The number of methoxy groups -OCH3 is 1. The standard InChI is InChI=1S/C17H15NO3/c1-11-4-3-5-12(8-11)10-18-15-7-6-13(21-2)9-14(15)16(19)17(18)20/h3-9H,10H2,1-2H3. The summed E-state index contributed by atoms with van der Waals surface area (Å²) in [5.41, 5.74) is 3.18. The molecule has 1 aliphatic rings. The van der Waals surface area contributed by atoms with E-state index >= 15 is 0 Å². The van der Waals surface area contributed by atoms with Gasteiger partial charge in [0.2, 0.25) is 0 Å². The van der Waals surface area contributed by atoms with Crippen molar-refractivity contribution in [2.24, 2.45) is 0 Å². The molecule has 2 aromatic rings. The minimum Gasteiger partial charge on any atom is -0.497 e. The van der Waals surface area contributed by atoms with E-state index in [0.717, 1.165) is 11.1 Å². The van der Waals surface area contributed by atoms with Crippen LogP contribution in [0, 0.1) is 6.92 Å². The summed E-state index contributed by atoms with van der Waals surface area (Å²) in [6.45, 7) is 2.39. The van der Waals surface area contributed by atoms with Crippen LogP contribution in [0.2, 0.25) is 0 Å². The molecule has 3 rings (SSSR count). The number of carbonyl (C=O) groups excluding carboxylic acids is 2. The Hall–Kier alpha value is -2.62. The van der Waals surface area contributed by atoms with Crippen LogP contribution in [-0.2, 0) is 11.3 Å². The Labute approximate surface area is 123 Å². The lowest BCUT2D eigenvalue weighted by molar-refractivity contribution is -0.114. The smallest absolute Gasteiger partial charge is 0.299 e. The first-order valence-electron chi connectivity index (χ1n) is 6.70. The number of rotatable bonds is 3. The van der Waals surface area contributed by atoms with E-state index in [9.17, 15) is 9.59 Å². The van der Waals surface area contributed by atoms with Crippen LogP contribution < -0.4 is 9.64 Å². The number of anilines is 1. The monoisotopic (exact) mass is 281 g/mol. The van der Waals surface area contributed by atoms with E-state index in [1.807, 2.05) is 31.2 Å². The zero-order valence-corrected chi connectivity index (χ0v) is 11.9. The second-order valence-corrected chi connectivity index (χ2v) is 5.09. The van der Waals surface area contributed by atoms with Crippen LogP contribution >= 0.6 is 0 Å². The van der Waals surface area contributed by atoms with Gasteiger partial charge in [-0.3, -0.25) is 9.59 Å². The lowest BCUT2D eigenvalue weighted by atomic mass is 10.1. The molecule has 1 aliphatic heterocycles. The van der Waals surface area contributed by atoms with Gasteiger partial charge in [-0.25, -0.2) is 0 Å². The molecule has 0 radical (unpaired) electrons. The average molecular weight is 281 g/mol. The molecule has 0 atom stereocenters. The Kier molecular flexibility index (Phi) is 3.22. The Bertz CT molecular complexity index is 737. The molecule has 0 aromatic heterocycles. The van der Waals surface area contributed by atoms with Crippen LogP contribution in [0.4, 0.5) is 5.69 Å². The van der Waals surface area contributed by atoms with E-state index in [-0.39, 0.29) is 0 Å². The van der Waals surface area contributed by atoms with Crippen molar-refractivity contribution in [1.82, 2.24) is 0 Å². The van der Waals surface area contributed by atoms with Crippen molar-refractivity contribution in [3.05, 3.63) is 59.2 Å². The first-order chi connectivity index (χ1) is 10.1. The van der Waals surface area contributed by atoms with Gasteiger partial charge in [0.05, 0.1) is 24.9 Å². The summed E-state index contributed by atoms with van der Waals surface area (Å²) in [6, 6.07) is 13.0. The van der Waals surface area contributed by atoms with Gasteiger partial charge in [-0.15, -0.1) is 0 Å². The third-order valence-corrected chi connectivity index (χ3v) is 3.60. The van der Waals surface area contributed by atoms with Crippen LogP contribution in [0.25, 0.3) is 0 Å². The highest BCUT2D eigenvalue weighted by atomic mass is 16.5. The Morgan fingerprint density at radius 2 is 1.90 bits per heavy atom. The van der Waals surface area contributed by atoms with Gasteiger partial charge in [-0.05, 0) is 30.7 Å². The highest BCUT2D eigenvalue weighted by Gasteiger charge is 2.36. The number of hydrogen-bond donors (Lipinski definition) is 0. The van der Waals surface area contributed by atoms with Gasteiger partial charge < -0.3 is 9.64 Å². The van der Waals surface area contributed by atoms with Gasteiger partial charge in [-0.1, -0.05) is 29.8 Å².